The molecule has 0 aromatic heterocycles. The Bertz CT molecular complexity index is 981. The highest BCUT2D eigenvalue weighted by Crippen LogP contribution is 2.28. The number of nitrogens with one attached hydrogen (secondary N) is 2. The van der Waals surface area contributed by atoms with Crippen molar-refractivity contribution < 1.29 is 14.7 Å². The van der Waals surface area contributed by atoms with Crippen molar-refractivity contribution in [2.75, 3.05) is 32.1 Å². The van der Waals surface area contributed by atoms with E-state index in [9.17, 15) is 4.79 Å². The minimum atomic E-state index is -0.550. The molecule has 33 heavy (non-hydrogen) atoms. The fourth-order valence-corrected chi connectivity index (χ4v) is 3.42. The molecule has 2 aromatic rings. The van der Waals surface area contributed by atoms with Crippen molar-refractivity contribution in [1.29, 1.82) is 0 Å². The predicted octanol–water partition coefficient (Wildman–Crippen LogP) is 4.82. The number of hydroxylamine groups is 1. The molecular weight excluding hydrogens is 414 g/mol. The van der Waals surface area contributed by atoms with Gasteiger partial charge in [-0.1, -0.05) is 56.0 Å². The third kappa shape index (κ3) is 7.93. The van der Waals surface area contributed by atoms with E-state index in [0.29, 0.717) is 24.6 Å². The van der Waals surface area contributed by atoms with Gasteiger partial charge in [-0.05, 0) is 48.2 Å². The lowest BCUT2D eigenvalue weighted by Crippen LogP contribution is -2.24. The van der Waals surface area contributed by atoms with E-state index in [4.69, 9.17) is 9.94 Å². The lowest BCUT2D eigenvalue weighted by molar-refractivity contribution is 0.0706. The molecule has 0 aliphatic heterocycles. The summed E-state index contributed by atoms with van der Waals surface area (Å²) in [5.74, 6) is 0.644. The fourth-order valence-electron chi connectivity index (χ4n) is 3.42. The first kappa shape index (κ1) is 25.9. The zero-order chi connectivity index (χ0) is 24.2. The standard InChI is InChI=1S/C27H35N3O3/c1-6-7-8-9-20(2)17-28-18-21(3)25-15-12-23(27(31)29-32)16-26(25)30(4)19-22-10-13-24(33-5)14-11-22/h6-16,20,28,32H,3,17-19H2,1-2,4-5H3,(H,29,31)/b7-6-,9-8-. The number of hydrogen-bond donors (Lipinski definition) is 3. The van der Waals surface area contributed by atoms with E-state index in [0.717, 1.165) is 34.7 Å². The molecule has 0 aliphatic rings. The van der Waals surface area contributed by atoms with E-state index in [1.165, 1.54) is 0 Å². The molecule has 1 atom stereocenters. The van der Waals surface area contributed by atoms with Gasteiger partial charge in [0.05, 0.1) is 7.11 Å². The smallest absolute Gasteiger partial charge is 0.274 e. The largest absolute Gasteiger partial charge is 0.497 e. The van der Waals surface area contributed by atoms with Gasteiger partial charge in [-0.2, -0.15) is 0 Å². The summed E-state index contributed by atoms with van der Waals surface area (Å²) in [6, 6.07) is 13.2. The number of hydrogen-bond acceptors (Lipinski definition) is 5. The van der Waals surface area contributed by atoms with Crippen LogP contribution in [0.3, 0.4) is 0 Å². The van der Waals surface area contributed by atoms with Crippen LogP contribution in [0.5, 0.6) is 5.75 Å². The summed E-state index contributed by atoms with van der Waals surface area (Å²) in [5.41, 5.74) is 5.92. The first-order chi connectivity index (χ1) is 15.9. The monoisotopic (exact) mass is 449 g/mol. The van der Waals surface area contributed by atoms with Crippen molar-refractivity contribution in [2.45, 2.75) is 20.4 Å². The third-order valence-corrected chi connectivity index (χ3v) is 5.28. The van der Waals surface area contributed by atoms with Crippen LogP contribution in [0.4, 0.5) is 5.69 Å². The Morgan fingerprint density at radius 2 is 1.94 bits per heavy atom. The molecule has 0 spiro atoms. The molecule has 0 bridgehead atoms. The summed E-state index contributed by atoms with van der Waals surface area (Å²) in [5, 5.41) is 12.5. The van der Waals surface area contributed by atoms with Crippen LogP contribution in [-0.2, 0) is 6.54 Å². The first-order valence-corrected chi connectivity index (χ1v) is 11.0. The zero-order valence-corrected chi connectivity index (χ0v) is 20.0. The Morgan fingerprint density at radius 3 is 2.58 bits per heavy atom. The number of anilines is 1. The van der Waals surface area contributed by atoms with E-state index in [1.54, 1.807) is 24.7 Å². The Kier molecular flexibility index (Phi) is 10.4. The molecule has 2 aromatic carbocycles. The number of ether oxygens (including phenoxy) is 1. The Hall–Kier alpha value is -3.35. The van der Waals surface area contributed by atoms with Gasteiger partial charge >= 0.3 is 0 Å². The summed E-state index contributed by atoms with van der Waals surface area (Å²) in [6.07, 6.45) is 8.23. The molecule has 1 amide bonds. The number of nitrogens with zero attached hydrogens (tertiary/aromatic N) is 1. The summed E-state index contributed by atoms with van der Waals surface area (Å²) < 4.78 is 5.24. The van der Waals surface area contributed by atoms with Crippen LogP contribution in [0.25, 0.3) is 5.57 Å². The summed E-state index contributed by atoms with van der Waals surface area (Å²) in [4.78, 5) is 14.1. The van der Waals surface area contributed by atoms with Crippen molar-refractivity contribution >= 4 is 17.2 Å². The molecule has 0 radical (unpaired) electrons. The third-order valence-electron chi connectivity index (χ3n) is 5.28. The molecule has 1 unspecified atom stereocenters. The van der Waals surface area contributed by atoms with Crippen LogP contribution in [0.2, 0.25) is 0 Å². The molecule has 0 fully saturated rings. The second kappa shape index (κ2) is 13.3. The van der Waals surface area contributed by atoms with Crippen LogP contribution in [-0.4, -0.2) is 38.4 Å². The van der Waals surface area contributed by atoms with E-state index in [2.05, 4.69) is 35.9 Å². The highest BCUT2D eigenvalue weighted by atomic mass is 16.5. The Balaban J connectivity index is 2.18. The molecule has 6 nitrogen and oxygen atoms in total. The highest BCUT2D eigenvalue weighted by Gasteiger charge is 2.15. The number of benzene rings is 2. The van der Waals surface area contributed by atoms with Crippen LogP contribution in [0.1, 0.15) is 35.3 Å². The normalized spacial score (nSPS) is 12.2. The van der Waals surface area contributed by atoms with E-state index < -0.39 is 5.91 Å². The quantitative estimate of drug-likeness (QED) is 0.246. The van der Waals surface area contributed by atoms with Gasteiger partial charge in [0.1, 0.15) is 5.75 Å². The predicted molar refractivity (Wildman–Crippen MR) is 136 cm³/mol. The van der Waals surface area contributed by atoms with Gasteiger partial charge in [0.2, 0.25) is 0 Å². The molecule has 0 saturated carbocycles. The highest BCUT2D eigenvalue weighted by molar-refractivity contribution is 5.95. The van der Waals surface area contributed by atoms with Crippen molar-refractivity contribution in [2.24, 2.45) is 5.92 Å². The molecule has 176 valence electrons. The molecule has 3 N–H and O–H groups in total. The number of carbonyl (C=O) groups is 1. The van der Waals surface area contributed by atoms with Crippen LogP contribution < -0.4 is 20.4 Å². The van der Waals surface area contributed by atoms with Gasteiger partial charge in [-0.15, -0.1) is 0 Å². The van der Waals surface area contributed by atoms with Crippen LogP contribution in [0, 0.1) is 5.92 Å². The van der Waals surface area contributed by atoms with E-state index >= 15 is 0 Å². The SMILES string of the molecule is C=C(CNCC(C)/C=C\C=C/C)c1ccc(C(=O)NO)cc1N(C)Cc1ccc(OC)cc1. The molecule has 0 aliphatic carbocycles. The van der Waals surface area contributed by atoms with Gasteiger partial charge in [0, 0.05) is 43.5 Å². The van der Waals surface area contributed by atoms with E-state index in [1.807, 2.05) is 56.5 Å². The van der Waals surface area contributed by atoms with Crippen molar-refractivity contribution in [1.82, 2.24) is 10.8 Å². The van der Waals surface area contributed by atoms with Crippen LogP contribution in [0.15, 0.2) is 73.3 Å². The number of methoxy groups -OCH3 is 1. The van der Waals surface area contributed by atoms with E-state index in [-0.39, 0.29) is 0 Å². The minimum absolute atomic E-state index is 0.376. The second-order valence-corrected chi connectivity index (χ2v) is 8.00. The van der Waals surface area contributed by atoms with Gasteiger partial charge in [0.15, 0.2) is 0 Å². The van der Waals surface area contributed by atoms with Crippen molar-refractivity contribution in [3.05, 3.63) is 90.0 Å². The van der Waals surface area contributed by atoms with Gasteiger partial charge in [-0.3, -0.25) is 10.0 Å². The average molecular weight is 450 g/mol. The second-order valence-electron chi connectivity index (χ2n) is 8.00. The van der Waals surface area contributed by atoms with Crippen molar-refractivity contribution in [3.63, 3.8) is 0 Å². The number of amides is 1. The molecule has 0 heterocycles. The molecular formula is C27H35N3O3. The minimum Gasteiger partial charge on any atom is -0.497 e. The van der Waals surface area contributed by atoms with Gasteiger partial charge < -0.3 is 15.0 Å². The number of rotatable bonds is 12. The maximum Gasteiger partial charge on any atom is 0.274 e. The van der Waals surface area contributed by atoms with Crippen LogP contribution >= 0.6 is 0 Å². The summed E-state index contributed by atoms with van der Waals surface area (Å²) >= 11 is 0. The lowest BCUT2D eigenvalue weighted by atomic mass is 10.0. The Morgan fingerprint density at radius 1 is 1.21 bits per heavy atom. The van der Waals surface area contributed by atoms with Gasteiger partial charge in [-0.25, -0.2) is 5.48 Å². The molecule has 0 saturated heterocycles. The zero-order valence-electron chi connectivity index (χ0n) is 20.0. The lowest BCUT2D eigenvalue weighted by Gasteiger charge is -2.24. The Labute approximate surface area is 197 Å². The number of carbonyl (C=O) groups excluding carboxylic acids is 1. The summed E-state index contributed by atoms with van der Waals surface area (Å²) in [7, 11) is 3.61. The topological polar surface area (TPSA) is 73.8 Å². The number of allylic oxidation sites excluding steroid dienone is 3. The average Bonchev–Trinajstić information content (AvgIpc) is 2.83. The molecule has 6 heteroatoms. The summed E-state index contributed by atoms with van der Waals surface area (Å²) in [6.45, 7) is 10.5. The van der Waals surface area contributed by atoms with Gasteiger partial charge in [0.25, 0.3) is 5.91 Å². The fraction of sp³-hybridized carbons (Fsp3) is 0.296. The van der Waals surface area contributed by atoms with Crippen molar-refractivity contribution in [3.8, 4) is 5.75 Å². The maximum atomic E-state index is 12.0. The first-order valence-electron chi connectivity index (χ1n) is 11.0. The molecule has 2 rings (SSSR count). The maximum absolute atomic E-state index is 12.0.